The van der Waals surface area contributed by atoms with Gasteiger partial charge in [-0.15, -0.1) is 11.8 Å². The van der Waals surface area contributed by atoms with E-state index < -0.39 is 0 Å². The lowest BCUT2D eigenvalue weighted by Crippen LogP contribution is -2.17. The quantitative estimate of drug-likeness (QED) is 0.881. The van der Waals surface area contributed by atoms with Crippen LogP contribution in [0.1, 0.15) is 31.7 Å². The predicted molar refractivity (Wildman–Crippen MR) is 76.0 cm³/mol. The molecule has 1 heterocycles. The molecule has 0 spiro atoms. The van der Waals surface area contributed by atoms with E-state index in [0.29, 0.717) is 11.4 Å². The molecule has 2 fully saturated rings. The Kier molecular flexibility index (Phi) is 3.92. The van der Waals surface area contributed by atoms with Crippen LogP contribution in [0.2, 0.25) is 0 Å². The minimum atomic E-state index is 0.388. The largest absolute Gasteiger partial charge is 0.377 e. The summed E-state index contributed by atoms with van der Waals surface area (Å²) in [6.45, 7) is 4.12. The van der Waals surface area contributed by atoms with Crippen molar-refractivity contribution in [2.45, 2.75) is 55.0 Å². The molecule has 2 nitrogen and oxygen atoms in total. The molecule has 3 heteroatoms. The predicted octanol–water partition coefficient (Wildman–Crippen LogP) is 3.21. The summed E-state index contributed by atoms with van der Waals surface area (Å²) in [6.07, 6.45) is 4.27. The Morgan fingerprint density at radius 2 is 2.11 bits per heavy atom. The molecule has 1 aromatic carbocycles. The second-order valence-electron chi connectivity index (χ2n) is 5.28. The first-order valence-electron chi connectivity index (χ1n) is 6.92. The van der Waals surface area contributed by atoms with Crippen LogP contribution in [0.15, 0.2) is 29.2 Å². The van der Waals surface area contributed by atoms with Crippen LogP contribution >= 0.6 is 11.8 Å². The van der Waals surface area contributed by atoms with Crippen molar-refractivity contribution in [2.24, 2.45) is 0 Å². The number of nitrogens with one attached hydrogen (secondary N) is 1. The second kappa shape index (κ2) is 5.64. The third-order valence-electron chi connectivity index (χ3n) is 3.72. The molecule has 1 N–H and O–H groups in total. The zero-order valence-electron chi connectivity index (χ0n) is 10.9. The van der Waals surface area contributed by atoms with Crippen LogP contribution in [0.5, 0.6) is 0 Å². The molecule has 98 valence electrons. The molecule has 1 saturated carbocycles. The summed E-state index contributed by atoms with van der Waals surface area (Å²) >= 11 is 1.99. The molecule has 1 aliphatic carbocycles. The minimum Gasteiger partial charge on any atom is -0.377 e. The highest BCUT2D eigenvalue weighted by Gasteiger charge is 2.26. The smallest absolute Gasteiger partial charge is 0.0669 e. The molecular weight excluding hydrogens is 242 g/mol. The molecule has 2 atom stereocenters. The summed E-state index contributed by atoms with van der Waals surface area (Å²) < 4.78 is 5.65. The average Bonchev–Trinajstić information content (AvgIpc) is 3.13. The Morgan fingerprint density at radius 3 is 2.83 bits per heavy atom. The van der Waals surface area contributed by atoms with Gasteiger partial charge in [-0.1, -0.05) is 18.2 Å². The molecule has 0 aromatic heterocycles. The topological polar surface area (TPSA) is 21.3 Å². The minimum absolute atomic E-state index is 0.388. The highest BCUT2D eigenvalue weighted by Crippen LogP contribution is 2.34. The Labute approximate surface area is 113 Å². The van der Waals surface area contributed by atoms with Gasteiger partial charge in [0.15, 0.2) is 0 Å². The molecular formula is C15H21NOS. The van der Waals surface area contributed by atoms with Crippen LogP contribution in [-0.2, 0) is 11.3 Å². The van der Waals surface area contributed by atoms with Crippen LogP contribution < -0.4 is 5.32 Å². The third-order valence-corrected chi connectivity index (χ3v) is 5.29. The zero-order valence-corrected chi connectivity index (χ0v) is 11.7. The number of rotatable bonds is 5. The molecule has 1 aliphatic heterocycles. The molecule has 3 rings (SSSR count). The fourth-order valence-corrected chi connectivity index (χ4v) is 3.60. The maximum absolute atomic E-state index is 5.65. The Balaban J connectivity index is 1.65. The third kappa shape index (κ3) is 3.08. The van der Waals surface area contributed by atoms with E-state index in [2.05, 4.69) is 36.5 Å². The second-order valence-corrected chi connectivity index (χ2v) is 6.56. The fraction of sp³-hybridized carbons (Fsp3) is 0.600. The maximum Gasteiger partial charge on any atom is 0.0669 e. The van der Waals surface area contributed by atoms with Gasteiger partial charge in [-0.25, -0.2) is 0 Å². The Morgan fingerprint density at radius 1 is 1.28 bits per heavy atom. The van der Waals surface area contributed by atoms with Crippen molar-refractivity contribution in [1.29, 1.82) is 0 Å². The van der Waals surface area contributed by atoms with E-state index in [1.807, 2.05) is 11.8 Å². The van der Waals surface area contributed by atoms with E-state index in [1.165, 1.54) is 29.7 Å². The lowest BCUT2D eigenvalue weighted by Gasteiger charge is -2.16. The van der Waals surface area contributed by atoms with Crippen molar-refractivity contribution in [1.82, 2.24) is 5.32 Å². The number of ether oxygens (including phenoxy) is 1. The van der Waals surface area contributed by atoms with Crippen molar-refractivity contribution in [3.05, 3.63) is 29.8 Å². The number of hydrogen-bond acceptors (Lipinski definition) is 3. The van der Waals surface area contributed by atoms with E-state index in [4.69, 9.17) is 4.74 Å². The number of hydrogen-bond donors (Lipinski definition) is 1. The van der Waals surface area contributed by atoms with Gasteiger partial charge in [0.05, 0.1) is 6.10 Å². The molecule has 1 aromatic rings. The van der Waals surface area contributed by atoms with Crippen LogP contribution in [0.25, 0.3) is 0 Å². The normalized spacial score (nSPS) is 27.6. The van der Waals surface area contributed by atoms with Gasteiger partial charge in [-0.2, -0.15) is 0 Å². The standard InChI is InChI=1S/C15H21NOS/c1-11-14(8-9-17-11)18-15-5-3-2-4-12(15)10-16-13-6-7-13/h2-5,11,13-14,16H,6-10H2,1H3. The van der Waals surface area contributed by atoms with Gasteiger partial charge in [0.2, 0.25) is 0 Å². The zero-order chi connectivity index (χ0) is 12.4. The highest BCUT2D eigenvalue weighted by atomic mass is 32.2. The molecule has 0 radical (unpaired) electrons. The number of thioether (sulfide) groups is 1. The lowest BCUT2D eigenvalue weighted by molar-refractivity contribution is 0.127. The van der Waals surface area contributed by atoms with Gasteiger partial charge in [-0.3, -0.25) is 0 Å². The van der Waals surface area contributed by atoms with Gasteiger partial charge < -0.3 is 10.1 Å². The van der Waals surface area contributed by atoms with E-state index in [0.717, 1.165) is 19.2 Å². The Bertz CT molecular complexity index is 405. The van der Waals surface area contributed by atoms with Crippen molar-refractivity contribution < 1.29 is 4.74 Å². The first-order valence-corrected chi connectivity index (χ1v) is 7.80. The highest BCUT2D eigenvalue weighted by molar-refractivity contribution is 8.00. The van der Waals surface area contributed by atoms with Crippen molar-refractivity contribution in [3.63, 3.8) is 0 Å². The summed E-state index contributed by atoms with van der Waals surface area (Å²) in [4.78, 5) is 1.42. The summed E-state index contributed by atoms with van der Waals surface area (Å²) in [5, 5.41) is 4.22. The monoisotopic (exact) mass is 263 g/mol. The molecule has 18 heavy (non-hydrogen) atoms. The maximum atomic E-state index is 5.65. The van der Waals surface area contributed by atoms with Gasteiger partial charge in [0.1, 0.15) is 0 Å². The first-order chi connectivity index (χ1) is 8.83. The Hall–Kier alpha value is -0.510. The lowest BCUT2D eigenvalue weighted by atomic mass is 10.2. The van der Waals surface area contributed by atoms with Crippen LogP contribution in [0, 0.1) is 0 Å². The molecule has 0 amide bonds. The van der Waals surface area contributed by atoms with E-state index >= 15 is 0 Å². The van der Waals surface area contributed by atoms with Gasteiger partial charge >= 0.3 is 0 Å². The molecule has 2 aliphatic rings. The molecule has 0 bridgehead atoms. The summed E-state index contributed by atoms with van der Waals surface area (Å²) in [5.41, 5.74) is 1.44. The van der Waals surface area contributed by atoms with Crippen LogP contribution in [-0.4, -0.2) is 24.0 Å². The van der Waals surface area contributed by atoms with Crippen LogP contribution in [0.4, 0.5) is 0 Å². The average molecular weight is 263 g/mol. The van der Waals surface area contributed by atoms with Gasteiger partial charge in [0, 0.05) is 29.3 Å². The van der Waals surface area contributed by atoms with Gasteiger partial charge in [0.25, 0.3) is 0 Å². The SMILES string of the molecule is CC1OCCC1Sc1ccccc1CNC1CC1. The van der Waals surface area contributed by atoms with E-state index in [-0.39, 0.29) is 0 Å². The summed E-state index contributed by atoms with van der Waals surface area (Å²) in [7, 11) is 0. The molecule has 1 saturated heterocycles. The summed E-state index contributed by atoms with van der Waals surface area (Å²) in [6, 6.07) is 9.56. The van der Waals surface area contributed by atoms with Crippen molar-refractivity contribution >= 4 is 11.8 Å². The van der Waals surface area contributed by atoms with Gasteiger partial charge in [-0.05, 0) is 37.8 Å². The molecule has 2 unspecified atom stereocenters. The van der Waals surface area contributed by atoms with E-state index in [9.17, 15) is 0 Å². The fourth-order valence-electron chi connectivity index (χ4n) is 2.34. The first kappa shape index (κ1) is 12.5. The van der Waals surface area contributed by atoms with Crippen molar-refractivity contribution in [3.8, 4) is 0 Å². The summed E-state index contributed by atoms with van der Waals surface area (Å²) in [5.74, 6) is 0. The van der Waals surface area contributed by atoms with E-state index in [1.54, 1.807) is 0 Å². The number of benzene rings is 1. The van der Waals surface area contributed by atoms with Crippen molar-refractivity contribution in [2.75, 3.05) is 6.61 Å². The van der Waals surface area contributed by atoms with Crippen LogP contribution in [0.3, 0.4) is 0 Å².